The van der Waals surface area contributed by atoms with Crippen molar-refractivity contribution >= 4 is 17.5 Å². The third kappa shape index (κ3) is 1.99. The van der Waals surface area contributed by atoms with Crippen molar-refractivity contribution in [3.8, 4) is 0 Å². The largest absolute Gasteiger partial charge is 0.310 e. The predicted molar refractivity (Wildman–Crippen MR) is 77.0 cm³/mol. The number of fused-ring (bicyclic) bond motifs is 1. The maximum atomic E-state index is 12.7. The zero-order chi connectivity index (χ0) is 14.3. The monoisotopic (exact) mass is 272 g/mol. The summed E-state index contributed by atoms with van der Waals surface area (Å²) < 4.78 is 0. The van der Waals surface area contributed by atoms with Gasteiger partial charge < -0.3 is 4.90 Å². The fourth-order valence-electron chi connectivity index (χ4n) is 3.30. The molecule has 106 valence electrons. The van der Waals surface area contributed by atoms with Crippen molar-refractivity contribution in [2.75, 3.05) is 4.90 Å². The smallest absolute Gasteiger partial charge is 0.251 e. The maximum Gasteiger partial charge on any atom is 0.251 e. The number of hydrogen-bond donors (Lipinski definition) is 0. The first-order chi connectivity index (χ1) is 9.59. The van der Waals surface area contributed by atoms with E-state index in [-0.39, 0.29) is 24.0 Å². The summed E-state index contributed by atoms with van der Waals surface area (Å²) in [6, 6.07) is 9.40. The predicted octanol–water partition coefficient (Wildman–Crippen LogP) is 2.40. The Kier molecular flexibility index (Phi) is 3.24. The summed E-state index contributed by atoms with van der Waals surface area (Å²) in [5, 5.41) is 0. The molecule has 0 bridgehead atoms. The second-order valence-corrected chi connectivity index (χ2v) is 6.01. The van der Waals surface area contributed by atoms with Crippen molar-refractivity contribution in [2.45, 2.75) is 45.3 Å². The lowest BCUT2D eigenvalue weighted by Gasteiger charge is -2.24. The molecule has 2 heterocycles. The molecule has 20 heavy (non-hydrogen) atoms. The van der Waals surface area contributed by atoms with Gasteiger partial charge in [0.15, 0.2) is 0 Å². The molecule has 2 unspecified atom stereocenters. The fraction of sp³-hybridized carbons (Fsp3) is 0.500. The lowest BCUT2D eigenvalue weighted by atomic mass is 10.0. The van der Waals surface area contributed by atoms with Crippen LogP contribution in [-0.2, 0) is 9.59 Å². The SMILES string of the molecule is CC(C)CC1C(=O)N(c2ccccc2)C2CCC(=O)N12. The summed E-state index contributed by atoms with van der Waals surface area (Å²) in [6.45, 7) is 4.18. The molecule has 0 aromatic heterocycles. The van der Waals surface area contributed by atoms with Crippen molar-refractivity contribution in [2.24, 2.45) is 5.92 Å². The van der Waals surface area contributed by atoms with Gasteiger partial charge in [0, 0.05) is 12.1 Å². The fourth-order valence-corrected chi connectivity index (χ4v) is 3.30. The summed E-state index contributed by atoms with van der Waals surface area (Å²) in [6.07, 6.45) is 1.95. The zero-order valence-electron chi connectivity index (χ0n) is 12.0. The van der Waals surface area contributed by atoms with Gasteiger partial charge in [0.1, 0.15) is 12.2 Å². The number of rotatable bonds is 3. The van der Waals surface area contributed by atoms with E-state index < -0.39 is 0 Å². The van der Waals surface area contributed by atoms with E-state index in [0.29, 0.717) is 12.3 Å². The third-order valence-electron chi connectivity index (χ3n) is 4.11. The molecule has 1 aromatic rings. The molecular formula is C16H20N2O2. The lowest BCUT2D eigenvalue weighted by molar-refractivity contribution is -0.133. The standard InChI is InChI=1S/C16H20N2O2/c1-11(2)10-13-16(20)17(12-6-4-3-5-7-12)14-8-9-15(19)18(13)14/h3-7,11,13-14H,8-10H2,1-2H3. The minimum atomic E-state index is -0.282. The summed E-state index contributed by atoms with van der Waals surface area (Å²) in [5.74, 6) is 0.587. The quantitative estimate of drug-likeness (QED) is 0.847. The Labute approximate surface area is 119 Å². The number of amides is 2. The Morgan fingerprint density at radius 1 is 1.20 bits per heavy atom. The van der Waals surface area contributed by atoms with Crippen LogP contribution in [0.15, 0.2) is 30.3 Å². The van der Waals surface area contributed by atoms with Crippen LogP contribution in [0, 0.1) is 5.92 Å². The molecule has 2 fully saturated rings. The number of anilines is 1. The first-order valence-electron chi connectivity index (χ1n) is 7.29. The van der Waals surface area contributed by atoms with Crippen LogP contribution in [0.2, 0.25) is 0 Å². The second-order valence-electron chi connectivity index (χ2n) is 6.01. The Hall–Kier alpha value is -1.84. The Morgan fingerprint density at radius 2 is 1.90 bits per heavy atom. The molecule has 2 aliphatic rings. The number of para-hydroxylation sites is 1. The van der Waals surface area contributed by atoms with Crippen LogP contribution < -0.4 is 4.90 Å². The van der Waals surface area contributed by atoms with Crippen molar-refractivity contribution in [1.29, 1.82) is 0 Å². The highest BCUT2D eigenvalue weighted by Crippen LogP contribution is 2.37. The summed E-state index contributed by atoms with van der Waals surface area (Å²) >= 11 is 0. The minimum absolute atomic E-state index is 0.0722. The summed E-state index contributed by atoms with van der Waals surface area (Å²) in [5.41, 5.74) is 0.897. The number of carbonyl (C=O) groups excluding carboxylic acids is 2. The van der Waals surface area contributed by atoms with Gasteiger partial charge in [0.25, 0.3) is 5.91 Å². The number of nitrogens with zero attached hydrogens (tertiary/aromatic N) is 2. The van der Waals surface area contributed by atoms with Gasteiger partial charge in [-0.3, -0.25) is 14.5 Å². The van der Waals surface area contributed by atoms with E-state index in [0.717, 1.165) is 18.5 Å². The average molecular weight is 272 g/mol. The van der Waals surface area contributed by atoms with Gasteiger partial charge in [0.05, 0.1) is 0 Å². The topological polar surface area (TPSA) is 40.6 Å². The van der Waals surface area contributed by atoms with Gasteiger partial charge in [-0.05, 0) is 30.9 Å². The van der Waals surface area contributed by atoms with Gasteiger partial charge in [-0.1, -0.05) is 32.0 Å². The lowest BCUT2D eigenvalue weighted by Crippen LogP contribution is -2.38. The van der Waals surface area contributed by atoms with Crippen molar-refractivity contribution < 1.29 is 9.59 Å². The molecule has 3 rings (SSSR count). The minimum Gasteiger partial charge on any atom is -0.310 e. The molecule has 0 radical (unpaired) electrons. The van der Waals surface area contributed by atoms with Crippen LogP contribution in [0.25, 0.3) is 0 Å². The molecule has 0 spiro atoms. The van der Waals surface area contributed by atoms with E-state index in [1.54, 1.807) is 0 Å². The maximum absolute atomic E-state index is 12.7. The van der Waals surface area contributed by atoms with Crippen molar-refractivity contribution in [3.63, 3.8) is 0 Å². The van der Waals surface area contributed by atoms with Gasteiger partial charge in [-0.15, -0.1) is 0 Å². The van der Waals surface area contributed by atoms with E-state index in [1.165, 1.54) is 0 Å². The number of hydrogen-bond acceptors (Lipinski definition) is 2. The van der Waals surface area contributed by atoms with Crippen LogP contribution in [0.3, 0.4) is 0 Å². The van der Waals surface area contributed by atoms with Crippen LogP contribution in [0.1, 0.15) is 33.1 Å². The molecule has 2 saturated heterocycles. The molecule has 4 nitrogen and oxygen atoms in total. The molecule has 2 amide bonds. The van der Waals surface area contributed by atoms with E-state index in [1.807, 2.05) is 40.1 Å². The molecule has 0 N–H and O–H groups in total. The van der Waals surface area contributed by atoms with E-state index >= 15 is 0 Å². The first-order valence-corrected chi connectivity index (χ1v) is 7.29. The molecule has 0 saturated carbocycles. The van der Waals surface area contributed by atoms with Crippen LogP contribution in [0.5, 0.6) is 0 Å². The second kappa shape index (κ2) is 4.93. The van der Waals surface area contributed by atoms with Gasteiger partial charge >= 0.3 is 0 Å². The highest BCUT2D eigenvalue weighted by Gasteiger charge is 2.51. The Bertz CT molecular complexity index is 527. The Morgan fingerprint density at radius 3 is 2.55 bits per heavy atom. The molecule has 4 heteroatoms. The number of benzene rings is 1. The molecule has 1 aromatic carbocycles. The molecular weight excluding hydrogens is 252 g/mol. The molecule has 2 atom stereocenters. The van der Waals surface area contributed by atoms with E-state index in [4.69, 9.17) is 0 Å². The van der Waals surface area contributed by atoms with Crippen molar-refractivity contribution in [3.05, 3.63) is 30.3 Å². The molecule has 0 aliphatic carbocycles. The van der Waals surface area contributed by atoms with Crippen LogP contribution in [-0.4, -0.2) is 28.9 Å². The third-order valence-corrected chi connectivity index (χ3v) is 4.11. The van der Waals surface area contributed by atoms with Crippen LogP contribution in [0.4, 0.5) is 5.69 Å². The highest BCUT2D eigenvalue weighted by molar-refractivity contribution is 6.04. The zero-order valence-corrected chi connectivity index (χ0v) is 12.0. The normalized spacial score (nSPS) is 25.8. The Balaban J connectivity index is 1.96. The van der Waals surface area contributed by atoms with E-state index in [2.05, 4.69) is 13.8 Å². The van der Waals surface area contributed by atoms with Crippen LogP contribution >= 0.6 is 0 Å². The van der Waals surface area contributed by atoms with Gasteiger partial charge in [0.2, 0.25) is 5.91 Å². The van der Waals surface area contributed by atoms with Crippen molar-refractivity contribution in [1.82, 2.24) is 4.90 Å². The number of carbonyl (C=O) groups is 2. The average Bonchev–Trinajstić information content (AvgIpc) is 2.91. The first kappa shape index (κ1) is 13.2. The summed E-state index contributed by atoms with van der Waals surface area (Å²) in [7, 11) is 0. The van der Waals surface area contributed by atoms with E-state index in [9.17, 15) is 9.59 Å². The van der Waals surface area contributed by atoms with Gasteiger partial charge in [-0.2, -0.15) is 0 Å². The summed E-state index contributed by atoms with van der Waals surface area (Å²) in [4.78, 5) is 28.5. The molecule has 2 aliphatic heterocycles. The highest BCUT2D eigenvalue weighted by atomic mass is 16.2. The van der Waals surface area contributed by atoms with Gasteiger partial charge in [-0.25, -0.2) is 0 Å².